The predicted octanol–water partition coefficient (Wildman–Crippen LogP) is 3.74. The Bertz CT molecular complexity index is 1150. The molecule has 1 saturated heterocycles. The highest BCUT2D eigenvalue weighted by molar-refractivity contribution is 9.10. The maximum Gasteiger partial charge on any atom is 0.241 e. The number of morpholine rings is 1. The quantitative estimate of drug-likeness (QED) is 0.333. The number of carbonyl (C=O) groups excluding carboxylic acids is 1. The lowest BCUT2D eigenvalue weighted by Crippen LogP contribution is -2.37. The lowest BCUT2D eigenvalue weighted by molar-refractivity contribution is -0.113. The van der Waals surface area contributed by atoms with Crippen LogP contribution in [-0.4, -0.2) is 60.2 Å². The molecule has 0 atom stereocenters. The number of hydrogen-bond donors (Lipinski definition) is 2. The van der Waals surface area contributed by atoms with Gasteiger partial charge in [0.1, 0.15) is 17.9 Å². The molecule has 3 N–H and O–H groups in total. The molecule has 2 aromatic carbocycles. The molecular formula is C24H26BrN5O3. The van der Waals surface area contributed by atoms with Crippen molar-refractivity contribution in [3.63, 3.8) is 0 Å². The van der Waals surface area contributed by atoms with Crippen molar-refractivity contribution in [3.05, 3.63) is 58.8 Å². The van der Waals surface area contributed by atoms with Crippen LogP contribution in [0.5, 0.6) is 5.75 Å². The first-order valence-corrected chi connectivity index (χ1v) is 11.6. The van der Waals surface area contributed by atoms with E-state index >= 15 is 0 Å². The van der Waals surface area contributed by atoms with Crippen LogP contribution in [0.4, 0.5) is 11.5 Å². The van der Waals surface area contributed by atoms with Crippen molar-refractivity contribution < 1.29 is 14.3 Å². The van der Waals surface area contributed by atoms with Gasteiger partial charge in [0.15, 0.2) is 0 Å². The van der Waals surface area contributed by atoms with Gasteiger partial charge in [-0.25, -0.2) is 9.97 Å². The summed E-state index contributed by atoms with van der Waals surface area (Å²) in [5, 5.41) is 4.14. The average Bonchev–Trinajstić information content (AvgIpc) is 2.81. The standard InChI is InChI=1S/C24H26BrN5O3/c25-18-3-1-4-19(14-18)29-24-20-13-17(5-6-23(26)31)22(15-21(20)27-16-28-24)33-10-2-7-30-8-11-32-12-9-30/h1,3-6,13-16H,2,7-12H2,(H2,26,31)(H,27,28,29). The molecule has 0 radical (unpaired) electrons. The molecule has 1 fully saturated rings. The Morgan fingerprint density at radius 2 is 2.09 bits per heavy atom. The number of fused-ring (bicyclic) bond motifs is 1. The zero-order valence-corrected chi connectivity index (χ0v) is 19.8. The second kappa shape index (κ2) is 11.2. The Kier molecular flexibility index (Phi) is 7.87. The van der Waals surface area contributed by atoms with Crippen LogP contribution in [0.3, 0.4) is 0 Å². The fourth-order valence-electron chi connectivity index (χ4n) is 3.63. The SMILES string of the molecule is NC(=O)C=Cc1cc2c(Nc3cccc(Br)c3)ncnc2cc1OCCCN1CCOCC1. The molecule has 3 aromatic rings. The Balaban J connectivity index is 1.56. The van der Waals surface area contributed by atoms with E-state index in [1.54, 1.807) is 6.08 Å². The number of amides is 1. The molecule has 0 spiro atoms. The molecule has 172 valence electrons. The van der Waals surface area contributed by atoms with Crippen molar-refractivity contribution in [2.75, 3.05) is 44.8 Å². The first kappa shape index (κ1) is 23.2. The van der Waals surface area contributed by atoms with Gasteiger partial charge in [-0.1, -0.05) is 22.0 Å². The van der Waals surface area contributed by atoms with Crippen molar-refractivity contribution in [2.24, 2.45) is 5.73 Å². The summed E-state index contributed by atoms with van der Waals surface area (Å²) < 4.78 is 12.4. The summed E-state index contributed by atoms with van der Waals surface area (Å²) in [6, 6.07) is 11.6. The normalized spacial score (nSPS) is 14.6. The van der Waals surface area contributed by atoms with Crippen LogP contribution < -0.4 is 15.8 Å². The molecular weight excluding hydrogens is 486 g/mol. The van der Waals surface area contributed by atoms with E-state index < -0.39 is 5.91 Å². The van der Waals surface area contributed by atoms with Gasteiger partial charge in [0.2, 0.25) is 5.91 Å². The number of nitrogens with one attached hydrogen (secondary N) is 1. The third kappa shape index (κ3) is 6.50. The average molecular weight is 512 g/mol. The molecule has 33 heavy (non-hydrogen) atoms. The number of anilines is 2. The number of benzene rings is 2. The third-order valence-corrected chi connectivity index (χ3v) is 5.75. The van der Waals surface area contributed by atoms with E-state index in [-0.39, 0.29) is 0 Å². The minimum atomic E-state index is -0.523. The van der Waals surface area contributed by atoms with Gasteiger partial charge in [-0.2, -0.15) is 0 Å². The summed E-state index contributed by atoms with van der Waals surface area (Å²) in [7, 11) is 0. The molecule has 0 aliphatic carbocycles. The Morgan fingerprint density at radius 1 is 1.24 bits per heavy atom. The van der Waals surface area contributed by atoms with E-state index in [1.807, 2.05) is 36.4 Å². The minimum absolute atomic E-state index is 0.523. The fraction of sp³-hybridized carbons (Fsp3) is 0.292. The van der Waals surface area contributed by atoms with E-state index in [0.29, 0.717) is 18.2 Å². The predicted molar refractivity (Wildman–Crippen MR) is 133 cm³/mol. The maximum absolute atomic E-state index is 11.4. The third-order valence-electron chi connectivity index (χ3n) is 5.26. The number of carbonyl (C=O) groups is 1. The number of nitrogens with two attached hydrogens (primary N) is 1. The van der Waals surface area contributed by atoms with Gasteiger partial charge in [0, 0.05) is 52.9 Å². The molecule has 0 saturated carbocycles. The van der Waals surface area contributed by atoms with Crippen LogP contribution in [0.2, 0.25) is 0 Å². The van der Waals surface area contributed by atoms with Crippen LogP contribution >= 0.6 is 15.9 Å². The molecule has 1 aliphatic heterocycles. The number of ether oxygens (including phenoxy) is 2. The van der Waals surface area contributed by atoms with Crippen LogP contribution in [0.25, 0.3) is 17.0 Å². The van der Waals surface area contributed by atoms with Crippen molar-refractivity contribution in [1.82, 2.24) is 14.9 Å². The van der Waals surface area contributed by atoms with Crippen LogP contribution in [0.1, 0.15) is 12.0 Å². The number of rotatable bonds is 9. The molecule has 0 bridgehead atoms. The monoisotopic (exact) mass is 511 g/mol. The van der Waals surface area contributed by atoms with Gasteiger partial charge in [-0.05, 0) is 36.8 Å². The van der Waals surface area contributed by atoms with Gasteiger partial charge >= 0.3 is 0 Å². The Morgan fingerprint density at radius 3 is 2.88 bits per heavy atom. The van der Waals surface area contributed by atoms with Crippen LogP contribution in [0.15, 0.2) is 53.3 Å². The van der Waals surface area contributed by atoms with Gasteiger partial charge < -0.3 is 20.5 Å². The van der Waals surface area contributed by atoms with E-state index in [2.05, 4.69) is 36.1 Å². The topological polar surface area (TPSA) is 103 Å². The summed E-state index contributed by atoms with van der Waals surface area (Å²) in [6.07, 6.45) is 5.39. The second-order valence-corrected chi connectivity index (χ2v) is 8.57. The molecule has 0 unspecified atom stereocenters. The molecule has 8 nitrogen and oxygen atoms in total. The summed E-state index contributed by atoms with van der Waals surface area (Å²) >= 11 is 3.48. The van der Waals surface area contributed by atoms with E-state index in [4.69, 9.17) is 15.2 Å². The Hall–Kier alpha value is -3.01. The number of hydrogen-bond acceptors (Lipinski definition) is 7. The first-order chi connectivity index (χ1) is 16.1. The zero-order chi connectivity index (χ0) is 23.0. The second-order valence-electron chi connectivity index (χ2n) is 7.66. The summed E-state index contributed by atoms with van der Waals surface area (Å²) in [4.78, 5) is 22.6. The van der Waals surface area contributed by atoms with E-state index in [1.165, 1.54) is 12.4 Å². The zero-order valence-electron chi connectivity index (χ0n) is 18.2. The minimum Gasteiger partial charge on any atom is -0.493 e. The molecule has 2 heterocycles. The fourth-order valence-corrected chi connectivity index (χ4v) is 4.02. The molecule has 9 heteroatoms. The highest BCUT2D eigenvalue weighted by atomic mass is 79.9. The number of nitrogens with zero attached hydrogens (tertiary/aromatic N) is 3. The number of primary amides is 1. The van der Waals surface area contributed by atoms with Crippen molar-refractivity contribution in [2.45, 2.75) is 6.42 Å². The lowest BCUT2D eigenvalue weighted by atomic mass is 10.1. The molecule has 1 aliphatic rings. The highest BCUT2D eigenvalue weighted by Gasteiger charge is 2.12. The van der Waals surface area contributed by atoms with Crippen molar-refractivity contribution in [3.8, 4) is 5.75 Å². The van der Waals surface area contributed by atoms with Gasteiger partial charge in [0.05, 0.1) is 25.3 Å². The van der Waals surface area contributed by atoms with Crippen molar-refractivity contribution in [1.29, 1.82) is 0 Å². The smallest absolute Gasteiger partial charge is 0.241 e. The summed E-state index contributed by atoms with van der Waals surface area (Å²) in [6.45, 7) is 4.97. The summed E-state index contributed by atoms with van der Waals surface area (Å²) in [5.41, 5.74) is 7.69. The van der Waals surface area contributed by atoms with E-state index in [9.17, 15) is 4.79 Å². The first-order valence-electron chi connectivity index (χ1n) is 10.8. The van der Waals surface area contributed by atoms with Gasteiger partial charge in [0.25, 0.3) is 0 Å². The maximum atomic E-state index is 11.4. The molecule has 4 rings (SSSR count). The largest absolute Gasteiger partial charge is 0.493 e. The highest BCUT2D eigenvalue weighted by Crippen LogP contribution is 2.31. The van der Waals surface area contributed by atoms with E-state index in [0.717, 1.165) is 65.9 Å². The number of aromatic nitrogens is 2. The number of halogens is 1. The van der Waals surface area contributed by atoms with Crippen LogP contribution in [-0.2, 0) is 9.53 Å². The molecule has 1 aromatic heterocycles. The van der Waals surface area contributed by atoms with Crippen LogP contribution in [0, 0.1) is 0 Å². The Labute approximate surface area is 200 Å². The van der Waals surface area contributed by atoms with Gasteiger partial charge in [-0.15, -0.1) is 0 Å². The summed E-state index contributed by atoms with van der Waals surface area (Å²) in [5.74, 6) is 0.782. The van der Waals surface area contributed by atoms with Crippen molar-refractivity contribution >= 4 is 50.3 Å². The molecule has 1 amide bonds. The van der Waals surface area contributed by atoms with Gasteiger partial charge in [-0.3, -0.25) is 9.69 Å². The lowest BCUT2D eigenvalue weighted by Gasteiger charge is -2.26.